The van der Waals surface area contributed by atoms with Gasteiger partial charge in [0.15, 0.2) is 0 Å². The molecule has 1 aliphatic heterocycles. The summed E-state index contributed by atoms with van der Waals surface area (Å²) >= 11 is 1.69. The third kappa shape index (κ3) is 4.30. The van der Waals surface area contributed by atoms with Crippen molar-refractivity contribution < 1.29 is 22.9 Å². The van der Waals surface area contributed by atoms with Crippen molar-refractivity contribution >= 4 is 38.6 Å². The highest BCUT2D eigenvalue weighted by Gasteiger charge is 2.24. The second-order valence-corrected chi connectivity index (χ2v) is 9.80. The Morgan fingerprint density at radius 2 is 1.94 bits per heavy atom. The van der Waals surface area contributed by atoms with Gasteiger partial charge in [-0.25, -0.2) is 8.42 Å². The fourth-order valence-electron chi connectivity index (χ4n) is 3.47. The van der Waals surface area contributed by atoms with E-state index in [9.17, 15) is 23.3 Å². The number of rotatable bonds is 6. The van der Waals surface area contributed by atoms with Crippen LogP contribution >= 0.6 is 11.3 Å². The predicted octanol–water partition coefficient (Wildman–Crippen LogP) is 3.66. The Hall–Kier alpha value is -3.44. The normalized spacial score (nSPS) is 13.3. The lowest BCUT2D eigenvalue weighted by Crippen LogP contribution is -2.35. The molecule has 2 aromatic carbocycles. The van der Waals surface area contributed by atoms with Crippen LogP contribution in [0.5, 0.6) is 5.75 Å². The first-order chi connectivity index (χ1) is 15.3. The lowest BCUT2D eigenvalue weighted by Gasteiger charge is -2.27. The molecule has 4 rings (SSSR count). The van der Waals surface area contributed by atoms with E-state index in [1.54, 1.807) is 16.2 Å². The number of carbonyl (C=O) groups excluding carboxylic acids is 1. The molecule has 1 N–H and O–H groups in total. The first-order valence-electron chi connectivity index (χ1n) is 9.58. The van der Waals surface area contributed by atoms with Gasteiger partial charge in [-0.2, -0.15) is 0 Å². The molecule has 1 amide bonds. The summed E-state index contributed by atoms with van der Waals surface area (Å²) in [6.07, 6.45) is 0.806. The standard InChI is InChI=1S/C21H19N3O6S2/c1-30-19-7-4-16(24(26)27)12-18(19)22-32(28,29)17-5-2-14(3-6-17)21(25)23-10-8-20-15(13-23)9-11-31-20/h2-7,9,11-12,22H,8,10,13H2,1H3. The molecule has 0 fully saturated rings. The third-order valence-corrected chi connectivity index (χ3v) is 7.55. The minimum Gasteiger partial charge on any atom is -0.495 e. The molecule has 0 aliphatic carbocycles. The van der Waals surface area contributed by atoms with Gasteiger partial charge in [0.25, 0.3) is 21.6 Å². The Kier molecular flexibility index (Phi) is 5.85. The van der Waals surface area contributed by atoms with E-state index in [0.29, 0.717) is 18.7 Å². The number of thiophene rings is 1. The number of ether oxygens (including phenoxy) is 1. The van der Waals surface area contributed by atoms with E-state index in [2.05, 4.69) is 4.72 Å². The van der Waals surface area contributed by atoms with Gasteiger partial charge in [-0.3, -0.25) is 19.6 Å². The number of benzene rings is 2. The van der Waals surface area contributed by atoms with Crippen LogP contribution in [0, 0.1) is 10.1 Å². The van der Waals surface area contributed by atoms with Crippen molar-refractivity contribution in [2.24, 2.45) is 0 Å². The van der Waals surface area contributed by atoms with Crippen molar-refractivity contribution in [1.82, 2.24) is 4.90 Å². The van der Waals surface area contributed by atoms with E-state index in [-0.39, 0.29) is 27.9 Å². The van der Waals surface area contributed by atoms with E-state index in [1.165, 1.54) is 48.4 Å². The number of nitro benzene ring substituents is 1. The largest absolute Gasteiger partial charge is 0.495 e. The molecule has 2 heterocycles. The van der Waals surface area contributed by atoms with Crippen LogP contribution in [0.15, 0.2) is 58.8 Å². The highest BCUT2D eigenvalue weighted by molar-refractivity contribution is 7.92. The van der Waals surface area contributed by atoms with Crippen LogP contribution in [0.3, 0.4) is 0 Å². The molecule has 0 bridgehead atoms. The molecule has 9 nitrogen and oxygen atoms in total. The Balaban J connectivity index is 1.53. The molecule has 0 spiro atoms. The molecule has 0 saturated carbocycles. The lowest BCUT2D eigenvalue weighted by atomic mass is 10.1. The monoisotopic (exact) mass is 473 g/mol. The Labute approximate surface area is 188 Å². The fourth-order valence-corrected chi connectivity index (χ4v) is 5.42. The number of nitrogens with zero attached hydrogens (tertiary/aromatic N) is 2. The van der Waals surface area contributed by atoms with Crippen molar-refractivity contribution in [2.45, 2.75) is 17.9 Å². The summed E-state index contributed by atoms with van der Waals surface area (Å²) in [5.41, 5.74) is 1.20. The molecule has 11 heteroatoms. The van der Waals surface area contributed by atoms with Crippen molar-refractivity contribution in [1.29, 1.82) is 0 Å². The van der Waals surface area contributed by atoms with Crippen LogP contribution in [-0.2, 0) is 23.0 Å². The van der Waals surface area contributed by atoms with E-state index in [4.69, 9.17) is 4.74 Å². The van der Waals surface area contributed by atoms with Crippen LogP contribution in [-0.4, -0.2) is 37.8 Å². The Morgan fingerprint density at radius 1 is 1.19 bits per heavy atom. The summed E-state index contributed by atoms with van der Waals surface area (Å²) in [6.45, 7) is 1.15. The number of carbonyl (C=O) groups is 1. The van der Waals surface area contributed by atoms with Gasteiger partial charge in [0.2, 0.25) is 0 Å². The highest BCUT2D eigenvalue weighted by Crippen LogP contribution is 2.31. The Bertz CT molecular complexity index is 1290. The van der Waals surface area contributed by atoms with Gasteiger partial charge < -0.3 is 9.64 Å². The van der Waals surface area contributed by atoms with E-state index >= 15 is 0 Å². The Morgan fingerprint density at radius 3 is 2.62 bits per heavy atom. The van der Waals surface area contributed by atoms with Gasteiger partial charge >= 0.3 is 0 Å². The quantitative estimate of drug-likeness (QED) is 0.431. The average Bonchev–Trinajstić information content (AvgIpc) is 3.26. The molecular formula is C21H19N3O6S2. The summed E-state index contributed by atoms with van der Waals surface area (Å²) in [5.74, 6) is -0.0250. The number of fused-ring (bicyclic) bond motifs is 1. The number of amides is 1. The number of non-ortho nitro benzene ring substituents is 1. The zero-order valence-electron chi connectivity index (χ0n) is 17.0. The second-order valence-electron chi connectivity index (χ2n) is 7.12. The van der Waals surface area contributed by atoms with Gasteiger partial charge in [0.1, 0.15) is 5.75 Å². The number of nitro groups is 1. The van der Waals surface area contributed by atoms with E-state index < -0.39 is 14.9 Å². The molecule has 0 unspecified atom stereocenters. The predicted molar refractivity (Wildman–Crippen MR) is 120 cm³/mol. The summed E-state index contributed by atoms with van der Waals surface area (Å²) in [4.78, 5) is 26.2. The van der Waals surface area contributed by atoms with E-state index in [0.717, 1.165) is 18.1 Å². The summed E-state index contributed by atoms with van der Waals surface area (Å²) < 4.78 is 33.0. The van der Waals surface area contributed by atoms with Gasteiger partial charge in [0, 0.05) is 35.7 Å². The van der Waals surface area contributed by atoms with Gasteiger partial charge in [-0.15, -0.1) is 11.3 Å². The second kappa shape index (κ2) is 8.60. The smallest absolute Gasteiger partial charge is 0.271 e. The van der Waals surface area contributed by atoms with Crippen LogP contribution in [0.25, 0.3) is 0 Å². The van der Waals surface area contributed by atoms with Crippen LogP contribution in [0.1, 0.15) is 20.8 Å². The number of anilines is 1. The molecule has 32 heavy (non-hydrogen) atoms. The number of sulfonamides is 1. The van der Waals surface area contributed by atoms with E-state index in [1.807, 2.05) is 11.4 Å². The summed E-state index contributed by atoms with van der Waals surface area (Å²) in [7, 11) is -2.73. The minimum atomic E-state index is -4.06. The highest BCUT2D eigenvalue weighted by atomic mass is 32.2. The maximum Gasteiger partial charge on any atom is 0.271 e. The van der Waals surface area contributed by atoms with Crippen molar-refractivity contribution in [2.75, 3.05) is 18.4 Å². The summed E-state index contributed by atoms with van der Waals surface area (Å²) in [5, 5.41) is 13.0. The maximum absolute atomic E-state index is 12.9. The van der Waals surface area contributed by atoms with Gasteiger partial charge in [-0.05, 0) is 53.8 Å². The molecular weight excluding hydrogens is 454 g/mol. The molecule has 0 atom stereocenters. The number of nitrogens with one attached hydrogen (secondary N) is 1. The van der Waals surface area contributed by atoms with Gasteiger partial charge in [-0.1, -0.05) is 0 Å². The van der Waals surface area contributed by atoms with Crippen molar-refractivity contribution in [3.63, 3.8) is 0 Å². The number of hydrogen-bond acceptors (Lipinski definition) is 7. The third-order valence-electron chi connectivity index (χ3n) is 5.14. The molecule has 166 valence electrons. The molecule has 1 aliphatic rings. The van der Waals surface area contributed by atoms with Crippen molar-refractivity contribution in [3.8, 4) is 5.75 Å². The summed E-state index contributed by atoms with van der Waals surface area (Å²) in [6, 6.07) is 11.2. The maximum atomic E-state index is 12.9. The zero-order chi connectivity index (χ0) is 22.9. The van der Waals surface area contributed by atoms with Crippen molar-refractivity contribution in [3.05, 3.63) is 80.0 Å². The molecule has 0 saturated heterocycles. The zero-order valence-corrected chi connectivity index (χ0v) is 18.6. The van der Waals surface area contributed by atoms with Crippen LogP contribution in [0.2, 0.25) is 0 Å². The first-order valence-corrected chi connectivity index (χ1v) is 11.9. The minimum absolute atomic E-state index is 0.0539. The SMILES string of the molecule is COc1ccc([N+](=O)[O-])cc1NS(=O)(=O)c1ccc(C(=O)N2CCc3sccc3C2)cc1. The number of hydrogen-bond donors (Lipinski definition) is 1. The van der Waals surface area contributed by atoms with Gasteiger partial charge in [0.05, 0.1) is 22.6 Å². The molecule has 1 aromatic heterocycles. The topological polar surface area (TPSA) is 119 Å². The van der Waals surface area contributed by atoms with Crippen LogP contribution < -0.4 is 9.46 Å². The fraction of sp³-hybridized carbons (Fsp3) is 0.190. The average molecular weight is 474 g/mol. The lowest BCUT2D eigenvalue weighted by molar-refractivity contribution is -0.384. The first kappa shape index (κ1) is 21.8. The molecule has 0 radical (unpaired) electrons. The number of methoxy groups -OCH3 is 1. The van der Waals surface area contributed by atoms with Crippen LogP contribution in [0.4, 0.5) is 11.4 Å². The molecule has 3 aromatic rings.